The first-order valence-corrected chi connectivity index (χ1v) is 8.43. The summed E-state index contributed by atoms with van der Waals surface area (Å²) in [5.41, 5.74) is 3.70. The van der Waals surface area contributed by atoms with E-state index < -0.39 is 0 Å². The van der Waals surface area contributed by atoms with Crippen molar-refractivity contribution in [1.82, 2.24) is 9.55 Å². The van der Waals surface area contributed by atoms with Crippen LogP contribution in [0.15, 0.2) is 65.6 Å². The third-order valence-corrected chi connectivity index (χ3v) is 5.04. The Morgan fingerprint density at radius 1 is 1.09 bits per heavy atom. The van der Waals surface area contributed by atoms with Crippen LogP contribution in [0.25, 0.3) is 16.7 Å². The van der Waals surface area contributed by atoms with Crippen LogP contribution in [-0.2, 0) is 6.42 Å². The zero-order valence-electron chi connectivity index (χ0n) is 12.1. The van der Waals surface area contributed by atoms with Crippen molar-refractivity contribution in [1.29, 1.82) is 0 Å². The van der Waals surface area contributed by atoms with Crippen LogP contribution in [-0.4, -0.2) is 9.55 Å². The third kappa shape index (κ3) is 2.60. The molecule has 4 aromatic rings. The van der Waals surface area contributed by atoms with Gasteiger partial charge >= 0.3 is 0 Å². The third-order valence-electron chi connectivity index (χ3n) is 3.81. The van der Waals surface area contributed by atoms with Crippen molar-refractivity contribution >= 4 is 34.0 Å². The van der Waals surface area contributed by atoms with E-state index in [1.165, 1.54) is 0 Å². The minimum Gasteiger partial charge on any atom is -0.360 e. The highest BCUT2D eigenvalue weighted by molar-refractivity contribution is 7.16. The number of pyridine rings is 1. The standard InChI is InChI=1S/C18H13ClN2OS/c19-16-7-6-14(23-16)10-12-11-17(22)21(13-4-2-1-3-5-13)15-8-9-20-18(12)15/h1-9,11,20H,10H2. The summed E-state index contributed by atoms with van der Waals surface area (Å²) in [5.74, 6) is 0. The quantitative estimate of drug-likeness (QED) is 0.580. The van der Waals surface area contributed by atoms with Crippen LogP contribution < -0.4 is 5.56 Å². The SMILES string of the molecule is O=c1cc(Cc2ccc(Cl)s2)c2[nH]ccc2n1-c1ccccc1. The number of rotatable bonds is 3. The van der Waals surface area contributed by atoms with Gasteiger partial charge in [0.2, 0.25) is 0 Å². The summed E-state index contributed by atoms with van der Waals surface area (Å²) < 4.78 is 2.50. The Labute approximate surface area is 141 Å². The molecule has 1 N–H and O–H groups in total. The Balaban J connectivity index is 1.89. The molecule has 0 aliphatic heterocycles. The highest BCUT2D eigenvalue weighted by Crippen LogP contribution is 2.26. The van der Waals surface area contributed by atoms with Crippen LogP contribution in [0.4, 0.5) is 0 Å². The number of H-pyrrole nitrogens is 1. The number of aromatic nitrogens is 2. The van der Waals surface area contributed by atoms with Gasteiger partial charge in [0.05, 0.1) is 15.4 Å². The molecule has 5 heteroatoms. The molecule has 3 heterocycles. The van der Waals surface area contributed by atoms with E-state index in [2.05, 4.69) is 4.98 Å². The number of nitrogens with one attached hydrogen (secondary N) is 1. The lowest BCUT2D eigenvalue weighted by molar-refractivity contribution is 1.03. The molecule has 3 nitrogen and oxygen atoms in total. The first kappa shape index (κ1) is 14.3. The molecular weight excluding hydrogens is 328 g/mol. The van der Waals surface area contributed by atoms with E-state index >= 15 is 0 Å². The molecule has 0 atom stereocenters. The molecule has 0 bridgehead atoms. The maximum absolute atomic E-state index is 12.7. The summed E-state index contributed by atoms with van der Waals surface area (Å²) in [7, 11) is 0. The average Bonchev–Trinajstić information content (AvgIpc) is 3.17. The maximum Gasteiger partial charge on any atom is 0.255 e. The summed E-state index contributed by atoms with van der Waals surface area (Å²) in [4.78, 5) is 17.1. The van der Waals surface area contributed by atoms with Gasteiger partial charge in [-0.3, -0.25) is 9.36 Å². The number of aromatic amines is 1. The van der Waals surface area contributed by atoms with E-state index in [1.54, 1.807) is 22.0 Å². The number of thiophene rings is 1. The molecule has 0 unspecified atom stereocenters. The molecule has 114 valence electrons. The second-order valence-corrected chi connectivity index (χ2v) is 7.10. The average molecular weight is 341 g/mol. The van der Waals surface area contributed by atoms with Crippen molar-refractivity contribution in [2.75, 3.05) is 0 Å². The van der Waals surface area contributed by atoms with Crippen LogP contribution in [0.1, 0.15) is 10.4 Å². The molecule has 0 saturated carbocycles. The number of benzene rings is 1. The fraction of sp³-hybridized carbons (Fsp3) is 0.0556. The Morgan fingerprint density at radius 3 is 2.65 bits per heavy atom. The van der Waals surface area contributed by atoms with Gasteiger partial charge in [0.1, 0.15) is 0 Å². The number of fused-ring (bicyclic) bond motifs is 1. The molecular formula is C18H13ClN2OS. The molecule has 23 heavy (non-hydrogen) atoms. The van der Waals surface area contributed by atoms with Crippen molar-refractivity contribution in [3.63, 3.8) is 0 Å². The van der Waals surface area contributed by atoms with Crippen LogP contribution >= 0.6 is 22.9 Å². The molecule has 0 spiro atoms. The van der Waals surface area contributed by atoms with Gasteiger partial charge in [-0.05, 0) is 35.9 Å². The molecule has 0 aliphatic carbocycles. The smallest absolute Gasteiger partial charge is 0.255 e. The van der Waals surface area contributed by atoms with E-state index in [4.69, 9.17) is 11.6 Å². The van der Waals surface area contributed by atoms with Crippen molar-refractivity contribution in [3.05, 3.63) is 85.9 Å². The highest BCUT2D eigenvalue weighted by atomic mass is 35.5. The lowest BCUT2D eigenvalue weighted by Gasteiger charge is -2.10. The van der Waals surface area contributed by atoms with E-state index in [0.717, 1.165) is 31.5 Å². The lowest BCUT2D eigenvalue weighted by atomic mass is 10.1. The van der Waals surface area contributed by atoms with Gasteiger partial charge in [0, 0.05) is 29.2 Å². The van der Waals surface area contributed by atoms with Gasteiger partial charge in [-0.2, -0.15) is 0 Å². The van der Waals surface area contributed by atoms with Crippen LogP contribution in [0.3, 0.4) is 0 Å². The summed E-state index contributed by atoms with van der Waals surface area (Å²) in [6.07, 6.45) is 2.56. The molecule has 0 amide bonds. The minimum absolute atomic E-state index is 0.0269. The summed E-state index contributed by atoms with van der Waals surface area (Å²) in [6.45, 7) is 0. The molecule has 0 aliphatic rings. The van der Waals surface area contributed by atoms with Crippen LogP contribution in [0, 0.1) is 0 Å². The summed E-state index contributed by atoms with van der Waals surface area (Å²) >= 11 is 7.55. The van der Waals surface area contributed by atoms with Crippen LogP contribution in [0.5, 0.6) is 0 Å². The Bertz CT molecular complexity index is 1030. The van der Waals surface area contributed by atoms with Gasteiger partial charge < -0.3 is 4.98 Å². The molecule has 3 aromatic heterocycles. The van der Waals surface area contributed by atoms with Gasteiger partial charge in [-0.1, -0.05) is 29.8 Å². The van der Waals surface area contributed by atoms with Gasteiger partial charge in [-0.25, -0.2) is 0 Å². The maximum atomic E-state index is 12.7. The predicted molar refractivity (Wildman–Crippen MR) is 96.0 cm³/mol. The first-order valence-electron chi connectivity index (χ1n) is 7.24. The van der Waals surface area contributed by atoms with Crippen molar-refractivity contribution in [3.8, 4) is 5.69 Å². The molecule has 4 rings (SSSR count). The van der Waals surface area contributed by atoms with E-state index in [0.29, 0.717) is 6.42 Å². The fourth-order valence-electron chi connectivity index (χ4n) is 2.83. The minimum atomic E-state index is -0.0269. The number of nitrogens with zero attached hydrogens (tertiary/aromatic N) is 1. The number of halogens is 1. The zero-order valence-corrected chi connectivity index (χ0v) is 13.7. The normalized spacial score (nSPS) is 11.2. The highest BCUT2D eigenvalue weighted by Gasteiger charge is 2.12. The van der Waals surface area contributed by atoms with Gasteiger partial charge in [0.25, 0.3) is 5.56 Å². The lowest BCUT2D eigenvalue weighted by Crippen LogP contribution is -2.18. The largest absolute Gasteiger partial charge is 0.360 e. The second-order valence-electron chi connectivity index (χ2n) is 5.30. The van der Waals surface area contributed by atoms with E-state index in [1.807, 2.05) is 54.7 Å². The van der Waals surface area contributed by atoms with Crippen molar-refractivity contribution in [2.45, 2.75) is 6.42 Å². The fourth-order valence-corrected chi connectivity index (χ4v) is 3.94. The first-order chi connectivity index (χ1) is 11.2. The van der Waals surface area contributed by atoms with Crippen LogP contribution in [0.2, 0.25) is 4.34 Å². The van der Waals surface area contributed by atoms with E-state index in [9.17, 15) is 4.79 Å². The Hall–Kier alpha value is -2.30. The van der Waals surface area contributed by atoms with Crippen molar-refractivity contribution in [2.24, 2.45) is 0 Å². The number of hydrogen-bond donors (Lipinski definition) is 1. The monoisotopic (exact) mass is 340 g/mol. The topological polar surface area (TPSA) is 37.8 Å². The Kier molecular flexibility index (Phi) is 3.56. The Morgan fingerprint density at radius 2 is 1.91 bits per heavy atom. The molecule has 0 saturated heterocycles. The van der Waals surface area contributed by atoms with Gasteiger partial charge in [0.15, 0.2) is 0 Å². The molecule has 0 fully saturated rings. The molecule has 0 radical (unpaired) electrons. The van der Waals surface area contributed by atoms with Crippen molar-refractivity contribution < 1.29 is 0 Å². The van der Waals surface area contributed by atoms with Gasteiger partial charge in [-0.15, -0.1) is 11.3 Å². The zero-order chi connectivity index (χ0) is 15.8. The number of hydrogen-bond acceptors (Lipinski definition) is 2. The number of para-hydroxylation sites is 1. The second kappa shape index (κ2) is 5.72. The summed E-state index contributed by atoms with van der Waals surface area (Å²) in [5, 5.41) is 0. The predicted octanol–water partition coefficient (Wildman–Crippen LogP) is 4.62. The van der Waals surface area contributed by atoms with E-state index in [-0.39, 0.29) is 5.56 Å². The molecule has 1 aromatic carbocycles. The summed E-state index contributed by atoms with van der Waals surface area (Å²) in [6, 6.07) is 17.2.